The minimum atomic E-state index is -0.490. The second-order valence-electron chi connectivity index (χ2n) is 4.43. The summed E-state index contributed by atoms with van der Waals surface area (Å²) in [6.07, 6.45) is -0.490. The number of aryl methyl sites for hydroxylation is 1. The third-order valence-corrected chi connectivity index (χ3v) is 4.33. The molecule has 86 valence electrons. The molecule has 2 heteroatoms. The number of hydrogen-bond donors (Lipinski definition) is 1. The van der Waals surface area contributed by atoms with Gasteiger partial charge in [-0.3, -0.25) is 0 Å². The van der Waals surface area contributed by atoms with Crippen molar-refractivity contribution >= 4 is 11.8 Å². The third-order valence-electron chi connectivity index (χ3n) is 3.19. The zero-order chi connectivity index (χ0) is 11.8. The van der Waals surface area contributed by atoms with E-state index in [4.69, 9.17) is 0 Å². The molecule has 2 aromatic carbocycles. The first kappa shape index (κ1) is 10.9. The highest BCUT2D eigenvalue weighted by molar-refractivity contribution is 7.98. The maximum atomic E-state index is 10.5. The first-order valence-corrected chi connectivity index (χ1v) is 6.73. The van der Waals surface area contributed by atoms with E-state index in [0.717, 1.165) is 16.9 Å². The Labute approximate surface area is 105 Å². The predicted octanol–water partition coefficient (Wildman–Crippen LogP) is 3.68. The fourth-order valence-electron chi connectivity index (χ4n) is 2.27. The minimum Gasteiger partial charge on any atom is -0.384 e. The Bertz CT molecular complexity index is 563. The first-order valence-electron chi connectivity index (χ1n) is 5.75. The van der Waals surface area contributed by atoms with E-state index in [9.17, 15) is 5.11 Å². The topological polar surface area (TPSA) is 20.2 Å². The van der Waals surface area contributed by atoms with Crippen LogP contribution in [0, 0.1) is 6.92 Å². The highest BCUT2D eigenvalue weighted by Crippen LogP contribution is 2.39. The SMILES string of the molecule is Cc1ccc2c(c1)C(O)c1ccccc1CS2. The van der Waals surface area contributed by atoms with E-state index >= 15 is 0 Å². The molecular weight excluding hydrogens is 228 g/mol. The Hall–Kier alpha value is -1.25. The maximum Gasteiger partial charge on any atom is 0.105 e. The molecule has 17 heavy (non-hydrogen) atoms. The molecule has 0 fully saturated rings. The van der Waals surface area contributed by atoms with Gasteiger partial charge in [0.15, 0.2) is 0 Å². The Balaban J connectivity index is 2.18. The third kappa shape index (κ3) is 1.88. The van der Waals surface area contributed by atoms with Gasteiger partial charge in [-0.15, -0.1) is 11.8 Å². The summed E-state index contributed by atoms with van der Waals surface area (Å²) in [4.78, 5) is 1.19. The fourth-order valence-corrected chi connectivity index (χ4v) is 3.34. The molecule has 0 saturated heterocycles. The zero-order valence-electron chi connectivity index (χ0n) is 9.68. The average molecular weight is 242 g/mol. The molecule has 0 saturated carbocycles. The van der Waals surface area contributed by atoms with Gasteiger partial charge < -0.3 is 5.11 Å². The standard InChI is InChI=1S/C15H14OS/c1-10-6-7-14-13(8-10)15(16)12-5-3-2-4-11(12)9-17-14/h2-8,15-16H,9H2,1H3. The average Bonchev–Trinajstić information content (AvgIpc) is 2.49. The summed E-state index contributed by atoms with van der Waals surface area (Å²) in [5, 5.41) is 10.5. The van der Waals surface area contributed by atoms with Crippen LogP contribution in [-0.2, 0) is 5.75 Å². The number of rotatable bonds is 0. The largest absolute Gasteiger partial charge is 0.384 e. The molecule has 3 rings (SSSR count). The lowest BCUT2D eigenvalue weighted by atomic mass is 9.97. The molecule has 0 aliphatic carbocycles. The van der Waals surface area contributed by atoms with Crippen LogP contribution in [0.1, 0.15) is 28.4 Å². The molecule has 1 nitrogen and oxygen atoms in total. The van der Waals surface area contributed by atoms with E-state index in [1.165, 1.54) is 16.0 Å². The molecule has 1 N–H and O–H groups in total. The summed E-state index contributed by atoms with van der Waals surface area (Å²) in [5.74, 6) is 0.934. The first-order chi connectivity index (χ1) is 8.25. The van der Waals surface area contributed by atoms with Gasteiger partial charge in [0.2, 0.25) is 0 Å². The van der Waals surface area contributed by atoms with Crippen LogP contribution in [-0.4, -0.2) is 5.11 Å². The van der Waals surface area contributed by atoms with E-state index in [1.54, 1.807) is 11.8 Å². The molecule has 1 atom stereocenters. The molecule has 0 bridgehead atoms. The minimum absolute atomic E-state index is 0.490. The van der Waals surface area contributed by atoms with Crippen molar-refractivity contribution in [2.24, 2.45) is 0 Å². The monoisotopic (exact) mass is 242 g/mol. The molecule has 0 aromatic heterocycles. The second-order valence-corrected chi connectivity index (χ2v) is 5.45. The lowest BCUT2D eigenvalue weighted by Gasteiger charge is -2.14. The number of thioether (sulfide) groups is 1. The normalized spacial score (nSPS) is 18.1. The van der Waals surface area contributed by atoms with Gasteiger partial charge in [0.1, 0.15) is 6.10 Å². The van der Waals surface area contributed by atoms with Gasteiger partial charge in [0, 0.05) is 10.6 Å². The molecular formula is C15H14OS. The van der Waals surface area contributed by atoms with Gasteiger partial charge in [0.05, 0.1) is 0 Å². The van der Waals surface area contributed by atoms with Crippen molar-refractivity contribution in [1.82, 2.24) is 0 Å². The summed E-state index contributed by atoms with van der Waals surface area (Å²) in [5.41, 5.74) is 4.52. The molecule has 0 spiro atoms. The van der Waals surface area contributed by atoms with Crippen LogP contribution in [0.25, 0.3) is 0 Å². The molecule has 1 aliphatic rings. The lowest BCUT2D eigenvalue weighted by Crippen LogP contribution is -2.02. The van der Waals surface area contributed by atoms with Crippen molar-refractivity contribution in [3.8, 4) is 0 Å². The summed E-state index contributed by atoms with van der Waals surface area (Å²) in [7, 11) is 0. The van der Waals surface area contributed by atoms with Crippen LogP contribution in [0.4, 0.5) is 0 Å². The van der Waals surface area contributed by atoms with E-state index in [1.807, 2.05) is 18.2 Å². The summed E-state index contributed by atoms with van der Waals surface area (Å²) >= 11 is 1.80. The summed E-state index contributed by atoms with van der Waals surface area (Å²) in [6.45, 7) is 2.06. The summed E-state index contributed by atoms with van der Waals surface area (Å²) in [6, 6.07) is 14.5. The van der Waals surface area contributed by atoms with Gasteiger partial charge in [-0.05, 0) is 29.7 Å². The van der Waals surface area contributed by atoms with Crippen LogP contribution in [0.3, 0.4) is 0 Å². The van der Waals surface area contributed by atoms with Crippen LogP contribution in [0.15, 0.2) is 47.4 Å². The van der Waals surface area contributed by atoms with Crippen molar-refractivity contribution in [2.75, 3.05) is 0 Å². The van der Waals surface area contributed by atoms with Crippen molar-refractivity contribution in [3.05, 3.63) is 64.7 Å². The smallest absolute Gasteiger partial charge is 0.105 e. The number of benzene rings is 2. The number of aliphatic hydroxyl groups excluding tert-OH is 1. The van der Waals surface area contributed by atoms with Crippen molar-refractivity contribution in [1.29, 1.82) is 0 Å². The highest BCUT2D eigenvalue weighted by atomic mass is 32.2. The van der Waals surface area contributed by atoms with Crippen LogP contribution in [0.2, 0.25) is 0 Å². The van der Waals surface area contributed by atoms with Crippen molar-refractivity contribution < 1.29 is 5.11 Å². The highest BCUT2D eigenvalue weighted by Gasteiger charge is 2.21. The quantitative estimate of drug-likeness (QED) is 0.760. The van der Waals surface area contributed by atoms with Gasteiger partial charge in [-0.25, -0.2) is 0 Å². The van der Waals surface area contributed by atoms with E-state index in [-0.39, 0.29) is 0 Å². The van der Waals surface area contributed by atoms with E-state index < -0.39 is 6.10 Å². The molecule has 1 aliphatic heterocycles. The number of hydrogen-bond acceptors (Lipinski definition) is 2. The lowest BCUT2D eigenvalue weighted by molar-refractivity contribution is 0.217. The zero-order valence-corrected chi connectivity index (χ0v) is 10.5. The number of aliphatic hydroxyl groups is 1. The van der Waals surface area contributed by atoms with Gasteiger partial charge in [0.25, 0.3) is 0 Å². The second kappa shape index (κ2) is 4.21. The molecule has 1 unspecified atom stereocenters. The van der Waals surface area contributed by atoms with Crippen LogP contribution in [0.5, 0.6) is 0 Å². The van der Waals surface area contributed by atoms with Crippen LogP contribution >= 0.6 is 11.8 Å². The molecule has 1 heterocycles. The van der Waals surface area contributed by atoms with E-state index in [0.29, 0.717) is 0 Å². The Morgan fingerprint density at radius 2 is 1.94 bits per heavy atom. The van der Waals surface area contributed by atoms with Gasteiger partial charge >= 0.3 is 0 Å². The van der Waals surface area contributed by atoms with E-state index in [2.05, 4.69) is 31.2 Å². The number of fused-ring (bicyclic) bond motifs is 2. The maximum absolute atomic E-state index is 10.5. The van der Waals surface area contributed by atoms with Gasteiger partial charge in [-0.2, -0.15) is 0 Å². The van der Waals surface area contributed by atoms with Gasteiger partial charge in [-0.1, -0.05) is 42.0 Å². The molecule has 0 amide bonds. The van der Waals surface area contributed by atoms with Crippen molar-refractivity contribution in [2.45, 2.75) is 23.7 Å². The predicted molar refractivity (Wildman–Crippen MR) is 71.2 cm³/mol. The molecule has 0 radical (unpaired) electrons. The van der Waals surface area contributed by atoms with Crippen molar-refractivity contribution in [3.63, 3.8) is 0 Å². The summed E-state index contributed by atoms with van der Waals surface area (Å²) < 4.78 is 0. The Morgan fingerprint density at radius 1 is 1.12 bits per heavy atom. The Morgan fingerprint density at radius 3 is 2.82 bits per heavy atom. The van der Waals surface area contributed by atoms with Crippen LogP contribution < -0.4 is 0 Å². The molecule has 2 aromatic rings. The fraction of sp³-hybridized carbons (Fsp3) is 0.200. The Kier molecular flexibility index (Phi) is 2.69.